The van der Waals surface area contributed by atoms with Crippen LogP contribution in [0.4, 0.5) is 0 Å². The number of nitrogens with zero attached hydrogens (tertiary/aromatic N) is 6. The molecule has 8 heteroatoms. The van der Waals surface area contributed by atoms with Crippen molar-refractivity contribution in [3.8, 4) is 5.82 Å². The van der Waals surface area contributed by atoms with Gasteiger partial charge in [0.15, 0.2) is 11.8 Å². The van der Waals surface area contributed by atoms with Crippen molar-refractivity contribution in [3.05, 3.63) is 64.3 Å². The molecule has 0 atom stereocenters. The molecule has 0 aliphatic carbocycles. The highest BCUT2D eigenvalue weighted by Crippen LogP contribution is 2.15. The van der Waals surface area contributed by atoms with Crippen molar-refractivity contribution in [1.82, 2.24) is 29.5 Å². The maximum Gasteiger partial charge on any atom is 0.194 e. The largest absolute Gasteiger partial charge is 0.357 e. The molecule has 0 aromatic carbocycles. The summed E-state index contributed by atoms with van der Waals surface area (Å²) in [6.07, 6.45) is 3.76. The number of nitrogens with one attached hydrogen (secondary N) is 1. The molecule has 3 aromatic rings. The van der Waals surface area contributed by atoms with E-state index in [0.717, 1.165) is 46.0 Å². The third-order valence-corrected chi connectivity index (χ3v) is 4.82. The summed E-state index contributed by atoms with van der Waals surface area (Å²) in [6, 6.07) is 8.04. The second kappa shape index (κ2) is 9.13. The molecule has 0 radical (unpaired) electrons. The van der Waals surface area contributed by atoms with Crippen LogP contribution in [0.5, 0.6) is 0 Å². The fourth-order valence-electron chi connectivity index (χ4n) is 3.17. The van der Waals surface area contributed by atoms with Gasteiger partial charge in [-0.3, -0.25) is 0 Å². The molecule has 7 nitrogen and oxygen atoms in total. The average Bonchev–Trinajstić information content (AvgIpc) is 3.18. The molecular weight excluding hydrogens is 386 g/mol. The van der Waals surface area contributed by atoms with Crippen LogP contribution in [0.1, 0.15) is 29.6 Å². The van der Waals surface area contributed by atoms with Gasteiger partial charge >= 0.3 is 0 Å². The van der Waals surface area contributed by atoms with Gasteiger partial charge in [-0.15, -0.1) is 0 Å². The lowest BCUT2D eigenvalue weighted by Gasteiger charge is -2.22. The molecule has 29 heavy (non-hydrogen) atoms. The first-order valence-electron chi connectivity index (χ1n) is 9.66. The van der Waals surface area contributed by atoms with Crippen LogP contribution in [0.3, 0.4) is 0 Å². The molecule has 0 bridgehead atoms. The van der Waals surface area contributed by atoms with Crippen molar-refractivity contribution in [2.24, 2.45) is 12.0 Å². The zero-order chi connectivity index (χ0) is 21.0. The molecule has 0 aliphatic heterocycles. The average molecular weight is 414 g/mol. The zero-order valence-corrected chi connectivity index (χ0v) is 18.4. The predicted octanol–water partition coefficient (Wildman–Crippen LogP) is 3.47. The molecule has 3 rings (SSSR count). The minimum atomic E-state index is 0.547. The first-order chi connectivity index (χ1) is 13.9. The van der Waals surface area contributed by atoms with Crippen LogP contribution in [0.25, 0.3) is 5.82 Å². The standard InChI is InChI=1S/C21H28ClN7/c1-6-23-21(28(5)14-19-10-18(22)13-27(19)4)25-12-17-7-8-20(24-11-17)29-16(3)9-15(2)26-29/h7-11,13H,6,12,14H2,1-5H3,(H,23,25). The summed E-state index contributed by atoms with van der Waals surface area (Å²) in [7, 11) is 4.02. The van der Waals surface area contributed by atoms with E-state index in [9.17, 15) is 0 Å². The molecule has 0 saturated carbocycles. The van der Waals surface area contributed by atoms with E-state index in [1.165, 1.54) is 0 Å². The number of aliphatic imine (C=N–C) groups is 1. The molecule has 0 amide bonds. The van der Waals surface area contributed by atoms with Gasteiger partial charge in [0.2, 0.25) is 0 Å². The second-order valence-electron chi connectivity index (χ2n) is 7.15. The van der Waals surface area contributed by atoms with Gasteiger partial charge < -0.3 is 14.8 Å². The lowest BCUT2D eigenvalue weighted by molar-refractivity contribution is 0.462. The number of aryl methyl sites for hydroxylation is 3. The van der Waals surface area contributed by atoms with Gasteiger partial charge in [0.25, 0.3) is 0 Å². The number of guanidine groups is 1. The fourth-order valence-corrected chi connectivity index (χ4v) is 3.45. The fraction of sp³-hybridized carbons (Fsp3) is 0.381. The van der Waals surface area contributed by atoms with Gasteiger partial charge in [0, 0.05) is 44.4 Å². The lowest BCUT2D eigenvalue weighted by Crippen LogP contribution is -2.38. The maximum atomic E-state index is 6.10. The summed E-state index contributed by atoms with van der Waals surface area (Å²) in [4.78, 5) is 11.4. The Hall–Kier alpha value is -2.80. The summed E-state index contributed by atoms with van der Waals surface area (Å²) >= 11 is 6.10. The molecule has 0 unspecified atom stereocenters. The van der Waals surface area contributed by atoms with E-state index in [4.69, 9.17) is 16.6 Å². The third-order valence-electron chi connectivity index (χ3n) is 4.62. The molecule has 0 spiro atoms. The van der Waals surface area contributed by atoms with E-state index in [1.54, 1.807) is 0 Å². The smallest absolute Gasteiger partial charge is 0.194 e. The second-order valence-corrected chi connectivity index (χ2v) is 7.59. The first kappa shape index (κ1) is 20.9. The Bertz CT molecular complexity index is 985. The highest BCUT2D eigenvalue weighted by atomic mass is 35.5. The van der Waals surface area contributed by atoms with Crippen LogP contribution in [0, 0.1) is 13.8 Å². The Morgan fingerprint density at radius 2 is 2.07 bits per heavy atom. The van der Waals surface area contributed by atoms with Crippen molar-refractivity contribution < 1.29 is 0 Å². The minimum Gasteiger partial charge on any atom is -0.357 e. The van der Waals surface area contributed by atoms with E-state index in [0.29, 0.717) is 13.1 Å². The van der Waals surface area contributed by atoms with Crippen LogP contribution in [0.2, 0.25) is 5.02 Å². The normalized spacial score (nSPS) is 11.7. The van der Waals surface area contributed by atoms with Crippen molar-refractivity contribution >= 4 is 17.6 Å². The van der Waals surface area contributed by atoms with Crippen LogP contribution < -0.4 is 5.32 Å². The Kier molecular flexibility index (Phi) is 6.59. The maximum absolute atomic E-state index is 6.10. The number of hydrogen-bond acceptors (Lipinski definition) is 3. The lowest BCUT2D eigenvalue weighted by atomic mass is 10.3. The van der Waals surface area contributed by atoms with Crippen LogP contribution in [-0.4, -0.2) is 43.8 Å². The third kappa shape index (κ3) is 5.17. The molecule has 154 valence electrons. The van der Waals surface area contributed by atoms with Crippen molar-refractivity contribution in [2.45, 2.75) is 33.9 Å². The highest BCUT2D eigenvalue weighted by molar-refractivity contribution is 6.30. The SMILES string of the molecule is CCNC(=NCc1ccc(-n2nc(C)cc2C)nc1)N(C)Cc1cc(Cl)cn1C. The van der Waals surface area contributed by atoms with E-state index < -0.39 is 0 Å². The first-order valence-corrected chi connectivity index (χ1v) is 10.0. The molecular formula is C21H28ClN7. The van der Waals surface area contributed by atoms with Crippen molar-refractivity contribution in [1.29, 1.82) is 0 Å². The van der Waals surface area contributed by atoms with Crippen LogP contribution in [-0.2, 0) is 20.1 Å². The topological polar surface area (TPSA) is 63.3 Å². The van der Waals surface area contributed by atoms with E-state index in [-0.39, 0.29) is 0 Å². The van der Waals surface area contributed by atoms with Crippen molar-refractivity contribution in [2.75, 3.05) is 13.6 Å². The molecule has 1 N–H and O–H groups in total. The highest BCUT2D eigenvalue weighted by Gasteiger charge is 2.10. The minimum absolute atomic E-state index is 0.547. The Morgan fingerprint density at radius 3 is 2.62 bits per heavy atom. The van der Waals surface area contributed by atoms with Gasteiger partial charge in [0.1, 0.15) is 0 Å². The summed E-state index contributed by atoms with van der Waals surface area (Å²) < 4.78 is 3.88. The number of aromatic nitrogens is 4. The Morgan fingerprint density at radius 1 is 1.28 bits per heavy atom. The predicted molar refractivity (Wildman–Crippen MR) is 118 cm³/mol. The summed E-state index contributed by atoms with van der Waals surface area (Å²) in [5.41, 5.74) is 4.22. The number of hydrogen-bond donors (Lipinski definition) is 1. The van der Waals surface area contributed by atoms with Crippen molar-refractivity contribution in [3.63, 3.8) is 0 Å². The summed E-state index contributed by atoms with van der Waals surface area (Å²) in [5, 5.41) is 8.57. The molecule has 3 heterocycles. The van der Waals surface area contributed by atoms with Gasteiger partial charge in [-0.05, 0) is 44.5 Å². The summed E-state index contributed by atoms with van der Waals surface area (Å²) in [5.74, 6) is 1.65. The zero-order valence-electron chi connectivity index (χ0n) is 17.6. The quantitative estimate of drug-likeness (QED) is 0.496. The molecule has 0 aliphatic rings. The molecule has 0 fully saturated rings. The number of rotatable bonds is 6. The van der Waals surface area contributed by atoms with Crippen LogP contribution >= 0.6 is 11.6 Å². The van der Waals surface area contributed by atoms with E-state index in [2.05, 4.69) is 27.2 Å². The van der Waals surface area contributed by atoms with Gasteiger partial charge in [-0.1, -0.05) is 17.7 Å². The van der Waals surface area contributed by atoms with E-state index in [1.807, 2.05) is 73.9 Å². The molecule has 0 saturated heterocycles. The van der Waals surface area contributed by atoms with Gasteiger partial charge in [-0.2, -0.15) is 5.10 Å². The van der Waals surface area contributed by atoms with Gasteiger partial charge in [-0.25, -0.2) is 14.7 Å². The monoisotopic (exact) mass is 413 g/mol. The summed E-state index contributed by atoms with van der Waals surface area (Å²) in [6.45, 7) is 8.13. The van der Waals surface area contributed by atoms with E-state index >= 15 is 0 Å². The Labute approximate surface area is 177 Å². The Balaban J connectivity index is 1.71. The molecule has 3 aromatic heterocycles. The van der Waals surface area contributed by atoms with Crippen LogP contribution in [0.15, 0.2) is 41.7 Å². The number of halogens is 1. The van der Waals surface area contributed by atoms with Gasteiger partial charge in [0.05, 0.1) is 23.8 Å². The number of pyridine rings is 1.